The first-order valence-electron chi connectivity index (χ1n) is 9.03. The van der Waals surface area contributed by atoms with Gasteiger partial charge in [0.1, 0.15) is 0 Å². The molecule has 1 fully saturated rings. The standard InChI is InChI=1S/C21H18N4O2S/c1-24-11-8-21(27,19(24)26)15-5-2-4-14(12-15)17-13-28-20(23-17)25-10-7-16-18(25)6-3-9-22-16/h2-7,9-10,12-13,27H,8,11H2,1H3/t21-/m1/s1. The number of likely N-dealkylation sites (N-methyl/N-ethyl adjacent to an activating group) is 1. The summed E-state index contributed by atoms with van der Waals surface area (Å²) in [6.45, 7) is 0.551. The van der Waals surface area contributed by atoms with Crippen molar-refractivity contribution in [2.24, 2.45) is 0 Å². The van der Waals surface area contributed by atoms with E-state index < -0.39 is 5.60 Å². The number of pyridine rings is 1. The van der Waals surface area contributed by atoms with Gasteiger partial charge in [-0.3, -0.25) is 14.3 Å². The van der Waals surface area contributed by atoms with Gasteiger partial charge >= 0.3 is 0 Å². The van der Waals surface area contributed by atoms with E-state index in [1.165, 1.54) is 0 Å². The second-order valence-electron chi connectivity index (χ2n) is 7.03. The molecule has 140 valence electrons. The first-order chi connectivity index (χ1) is 13.6. The van der Waals surface area contributed by atoms with Gasteiger partial charge in [-0.2, -0.15) is 0 Å². The van der Waals surface area contributed by atoms with E-state index in [1.807, 2.05) is 52.5 Å². The van der Waals surface area contributed by atoms with Crippen LogP contribution in [0.5, 0.6) is 0 Å². The minimum Gasteiger partial charge on any atom is -0.375 e. The molecule has 4 aromatic rings. The second kappa shape index (κ2) is 6.25. The van der Waals surface area contributed by atoms with Crippen molar-refractivity contribution in [1.82, 2.24) is 19.4 Å². The Kier molecular flexibility index (Phi) is 3.82. The lowest BCUT2D eigenvalue weighted by atomic mass is 9.91. The van der Waals surface area contributed by atoms with Crippen molar-refractivity contribution in [2.45, 2.75) is 12.0 Å². The van der Waals surface area contributed by atoms with Crippen LogP contribution in [0.1, 0.15) is 12.0 Å². The molecule has 0 aliphatic carbocycles. The molecule has 1 saturated heterocycles. The van der Waals surface area contributed by atoms with Crippen LogP contribution in [0, 0.1) is 0 Å². The highest BCUT2D eigenvalue weighted by Crippen LogP contribution is 2.35. The van der Waals surface area contributed by atoms with Gasteiger partial charge in [0, 0.05) is 43.4 Å². The van der Waals surface area contributed by atoms with Gasteiger partial charge in [0.25, 0.3) is 5.91 Å². The number of carbonyl (C=O) groups is 1. The number of benzene rings is 1. The number of nitrogens with zero attached hydrogens (tertiary/aromatic N) is 4. The average molecular weight is 390 g/mol. The number of rotatable bonds is 3. The molecular formula is C21H18N4O2S. The smallest absolute Gasteiger partial charge is 0.258 e. The summed E-state index contributed by atoms with van der Waals surface area (Å²) >= 11 is 1.54. The lowest BCUT2D eigenvalue weighted by molar-refractivity contribution is -0.143. The molecule has 1 atom stereocenters. The monoisotopic (exact) mass is 390 g/mol. The van der Waals surface area contributed by atoms with Gasteiger partial charge in [-0.25, -0.2) is 4.98 Å². The van der Waals surface area contributed by atoms with Gasteiger partial charge in [0.05, 0.1) is 16.7 Å². The maximum atomic E-state index is 12.4. The van der Waals surface area contributed by atoms with Crippen LogP contribution in [-0.2, 0) is 10.4 Å². The molecule has 7 heteroatoms. The minimum atomic E-state index is -1.45. The Hall–Kier alpha value is -3.03. The van der Waals surface area contributed by atoms with E-state index in [0.29, 0.717) is 18.5 Å². The van der Waals surface area contributed by atoms with Crippen molar-refractivity contribution in [3.05, 3.63) is 65.8 Å². The van der Waals surface area contributed by atoms with E-state index in [0.717, 1.165) is 27.4 Å². The number of hydrogen-bond donors (Lipinski definition) is 1. The Labute approximate surface area is 165 Å². The highest BCUT2D eigenvalue weighted by atomic mass is 32.1. The number of amides is 1. The fourth-order valence-electron chi connectivity index (χ4n) is 3.70. The minimum absolute atomic E-state index is 0.255. The zero-order chi connectivity index (χ0) is 19.3. The van der Waals surface area contributed by atoms with Crippen molar-refractivity contribution in [3.8, 4) is 16.4 Å². The van der Waals surface area contributed by atoms with Crippen LogP contribution >= 0.6 is 11.3 Å². The summed E-state index contributed by atoms with van der Waals surface area (Å²) in [5, 5.41) is 13.8. The fraction of sp³-hybridized carbons (Fsp3) is 0.190. The van der Waals surface area contributed by atoms with Gasteiger partial charge in [-0.15, -0.1) is 11.3 Å². The van der Waals surface area contributed by atoms with Crippen LogP contribution in [0.2, 0.25) is 0 Å². The lowest BCUT2D eigenvalue weighted by Gasteiger charge is -2.21. The van der Waals surface area contributed by atoms with E-state index in [9.17, 15) is 9.90 Å². The largest absolute Gasteiger partial charge is 0.375 e. The van der Waals surface area contributed by atoms with E-state index in [4.69, 9.17) is 4.98 Å². The Balaban J connectivity index is 1.52. The molecule has 0 saturated carbocycles. The van der Waals surface area contributed by atoms with Crippen molar-refractivity contribution in [1.29, 1.82) is 0 Å². The summed E-state index contributed by atoms with van der Waals surface area (Å²) in [6, 6.07) is 13.4. The summed E-state index contributed by atoms with van der Waals surface area (Å²) in [6.07, 6.45) is 4.14. The van der Waals surface area contributed by atoms with Gasteiger partial charge in [0.15, 0.2) is 10.7 Å². The summed E-state index contributed by atoms with van der Waals surface area (Å²) in [7, 11) is 1.72. The quantitative estimate of drug-likeness (QED) is 0.583. The molecule has 3 aromatic heterocycles. The summed E-state index contributed by atoms with van der Waals surface area (Å²) in [4.78, 5) is 23.1. The number of likely N-dealkylation sites (tertiary alicyclic amines) is 1. The predicted octanol–water partition coefficient (Wildman–Crippen LogP) is 3.20. The molecule has 0 unspecified atom stereocenters. The van der Waals surface area contributed by atoms with Crippen LogP contribution in [0.4, 0.5) is 0 Å². The topological polar surface area (TPSA) is 71.2 Å². The molecule has 1 aromatic carbocycles. The third kappa shape index (κ3) is 2.55. The van der Waals surface area contributed by atoms with E-state index in [1.54, 1.807) is 35.5 Å². The first-order valence-corrected chi connectivity index (χ1v) is 9.91. The maximum Gasteiger partial charge on any atom is 0.258 e. The van der Waals surface area contributed by atoms with E-state index in [2.05, 4.69) is 4.98 Å². The molecule has 0 spiro atoms. The number of aromatic nitrogens is 3. The van der Waals surface area contributed by atoms with Crippen LogP contribution in [-0.4, -0.2) is 44.0 Å². The molecule has 1 amide bonds. The van der Waals surface area contributed by atoms with Crippen LogP contribution < -0.4 is 0 Å². The van der Waals surface area contributed by atoms with Crippen molar-refractivity contribution in [3.63, 3.8) is 0 Å². The highest BCUT2D eigenvalue weighted by Gasteiger charge is 2.45. The molecule has 4 heterocycles. The molecule has 6 nitrogen and oxygen atoms in total. The number of thiazole rings is 1. The summed E-state index contributed by atoms with van der Waals surface area (Å²) < 4.78 is 2.02. The zero-order valence-electron chi connectivity index (χ0n) is 15.2. The van der Waals surface area contributed by atoms with Crippen LogP contribution in [0.3, 0.4) is 0 Å². The Morgan fingerprint density at radius 3 is 2.93 bits per heavy atom. The molecule has 0 radical (unpaired) electrons. The Bertz CT molecular complexity index is 1200. The summed E-state index contributed by atoms with van der Waals surface area (Å²) in [5.41, 5.74) is 2.79. The molecule has 0 bridgehead atoms. The lowest BCUT2D eigenvalue weighted by Crippen LogP contribution is -2.36. The van der Waals surface area contributed by atoms with Crippen molar-refractivity contribution < 1.29 is 9.90 Å². The van der Waals surface area contributed by atoms with Gasteiger partial charge in [-0.1, -0.05) is 18.2 Å². The number of fused-ring (bicyclic) bond motifs is 1. The zero-order valence-corrected chi connectivity index (χ0v) is 16.1. The summed E-state index contributed by atoms with van der Waals surface area (Å²) in [5.74, 6) is -0.255. The highest BCUT2D eigenvalue weighted by molar-refractivity contribution is 7.12. The van der Waals surface area contributed by atoms with Crippen molar-refractivity contribution >= 4 is 28.3 Å². The third-order valence-corrected chi connectivity index (χ3v) is 6.14. The van der Waals surface area contributed by atoms with Gasteiger partial charge in [0.2, 0.25) is 0 Å². The van der Waals surface area contributed by atoms with Gasteiger partial charge in [-0.05, 0) is 29.8 Å². The molecule has 1 aliphatic heterocycles. The number of hydrogen-bond acceptors (Lipinski definition) is 5. The SMILES string of the molecule is CN1CC[C@@](O)(c2cccc(-c3csc(-n4ccc5ncccc54)n3)c2)C1=O. The third-order valence-electron chi connectivity index (χ3n) is 5.30. The first kappa shape index (κ1) is 17.1. The predicted molar refractivity (Wildman–Crippen MR) is 108 cm³/mol. The second-order valence-corrected chi connectivity index (χ2v) is 7.86. The van der Waals surface area contributed by atoms with E-state index in [-0.39, 0.29) is 5.91 Å². The van der Waals surface area contributed by atoms with Crippen LogP contribution in [0.25, 0.3) is 27.4 Å². The molecule has 1 N–H and O–H groups in total. The molecule has 28 heavy (non-hydrogen) atoms. The number of aliphatic hydroxyl groups is 1. The normalized spacial score (nSPS) is 19.6. The maximum absolute atomic E-state index is 12.4. The fourth-order valence-corrected chi connectivity index (χ4v) is 4.53. The number of carbonyl (C=O) groups excluding carboxylic acids is 1. The average Bonchev–Trinajstić information content (AvgIpc) is 3.43. The Morgan fingerprint density at radius 1 is 1.21 bits per heavy atom. The van der Waals surface area contributed by atoms with Crippen molar-refractivity contribution in [2.75, 3.05) is 13.6 Å². The molecule has 1 aliphatic rings. The van der Waals surface area contributed by atoms with Crippen LogP contribution in [0.15, 0.2) is 60.2 Å². The molecule has 5 rings (SSSR count). The Morgan fingerprint density at radius 2 is 2.11 bits per heavy atom. The van der Waals surface area contributed by atoms with E-state index >= 15 is 0 Å². The van der Waals surface area contributed by atoms with Gasteiger partial charge < -0.3 is 10.0 Å². The molecular weight excluding hydrogens is 372 g/mol.